The fourth-order valence-electron chi connectivity index (χ4n) is 7.79. The molecule has 67 heavy (non-hydrogen) atoms. The van der Waals surface area contributed by atoms with Crippen LogP contribution in [0.4, 0.5) is 0 Å². The number of carboxylic acid groups (broad SMARTS) is 2. The summed E-state index contributed by atoms with van der Waals surface area (Å²) in [6.07, 6.45) is 2.27. The second-order valence-electron chi connectivity index (χ2n) is 17.9. The number of aliphatic hydroxyl groups is 1. The van der Waals surface area contributed by atoms with Gasteiger partial charge in [0.1, 0.15) is 48.3 Å². The number of aliphatic carboxylic acids is 2. The van der Waals surface area contributed by atoms with Gasteiger partial charge in [0, 0.05) is 19.5 Å². The van der Waals surface area contributed by atoms with Gasteiger partial charge in [-0.15, -0.1) is 0 Å². The number of carbonyl (C=O) groups excluding carboxylic acids is 8. The molecule has 24 heteroatoms. The minimum absolute atomic E-state index is 0.0171. The zero-order chi connectivity index (χ0) is 50.5. The van der Waals surface area contributed by atoms with Crippen molar-refractivity contribution in [1.82, 2.24) is 41.7 Å². The second kappa shape index (κ2) is 28.7. The normalized spacial score (nSPS) is 19.0. The van der Waals surface area contributed by atoms with E-state index in [1.165, 1.54) is 11.8 Å². The molecular weight excluding hydrogens is 879 g/mol. The number of unbranched alkanes of at least 4 members (excludes halogenated alkanes) is 2. The number of carboxylic acids is 2. The highest BCUT2D eigenvalue weighted by Gasteiger charge is 2.41. The highest BCUT2D eigenvalue weighted by Crippen LogP contribution is 2.22. The van der Waals surface area contributed by atoms with E-state index < -0.39 is 139 Å². The van der Waals surface area contributed by atoms with Gasteiger partial charge in [-0.1, -0.05) is 27.7 Å². The zero-order valence-corrected chi connectivity index (χ0v) is 39.4. The molecular formula is C43H75N11O13. The van der Waals surface area contributed by atoms with E-state index in [0.717, 1.165) is 4.90 Å². The second-order valence-corrected chi connectivity index (χ2v) is 17.9. The van der Waals surface area contributed by atoms with Gasteiger partial charge >= 0.3 is 11.9 Å². The molecule has 0 aromatic carbocycles. The Labute approximate surface area is 391 Å². The Bertz CT molecular complexity index is 1730. The first kappa shape index (κ1) is 57.7. The van der Waals surface area contributed by atoms with E-state index in [1.54, 1.807) is 27.7 Å². The van der Waals surface area contributed by atoms with Crippen molar-refractivity contribution in [2.45, 2.75) is 166 Å². The maximum Gasteiger partial charge on any atom is 0.326 e. The molecule has 9 atom stereocenters. The third kappa shape index (κ3) is 17.9. The molecule has 24 nitrogen and oxygen atoms in total. The van der Waals surface area contributed by atoms with E-state index in [0.29, 0.717) is 45.1 Å². The molecule has 0 aromatic rings. The number of nitrogens with one attached hydrogen (secondary N) is 6. The summed E-state index contributed by atoms with van der Waals surface area (Å²) in [5.41, 5.74) is 17.3. The molecule has 2 saturated heterocycles. The lowest BCUT2D eigenvalue weighted by molar-refractivity contribution is -0.149. The Balaban J connectivity index is 2.24. The number of hydrogen-bond acceptors (Lipinski definition) is 14. The number of amides is 8. The lowest BCUT2D eigenvalue weighted by Gasteiger charge is -2.31. The number of rotatable bonds is 29. The summed E-state index contributed by atoms with van der Waals surface area (Å²) >= 11 is 0. The zero-order valence-electron chi connectivity index (χ0n) is 39.4. The summed E-state index contributed by atoms with van der Waals surface area (Å²) < 4.78 is 0. The van der Waals surface area contributed by atoms with Crippen molar-refractivity contribution in [2.24, 2.45) is 29.0 Å². The highest BCUT2D eigenvalue weighted by molar-refractivity contribution is 5.98. The Morgan fingerprint density at radius 3 is 1.57 bits per heavy atom. The van der Waals surface area contributed by atoms with Crippen LogP contribution in [0.15, 0.2) is 0 Å². The predicted octanol–water partition coefficient (Wildman–Crippen LogP) is -3.26. The highest BCUT2D eigenvalue weighted by atomic mass is 16.4. The maximum atomic E-state index is 13.9. The Morgan fingerprint density at radius 2 is 1.06 bits per heavy atom. The average Bonchev–Trinajstić information content (AvgIpc) is 3.98. The van der Waals surface area contributed by atoms with Gasteiger partial charge in [0.05, 0.1) is 12.6 Å². The fourth-order valence-corrected chi connectivity index (χ4v) is 7.79. The van der Waals surface area contributed by atoms with E-state index in [1.807, 2.05) is 0 Å². The van der Waals surface area contributed by atoms with Crippen LogP contribution in [-0.4, -0.2) is 171 Å². The topological polar surface area (TPSA) is 388 Å². The third-order valence-electron chi connectivity index (χ3n) is 11.9. The summed E-state index contributed by atoms with van der Waals surface area (Å²) in [5.74, 6) is -9.27. The van der Waals surface area contributed by atoms with Crippen LogP contribution in [0.25, 0.3) is 0 Å². The summed E-state index contributed by atoms with van der Waals surface area (Å²) in [6, 6.07) is -11.1. The molecule has 0 saturated carbocycles. The van der Waals surface area contributed by atoms with E-state index >= 15 is 0 Å². The van der Waals surface area contributed by atoms with Crippen LogP contribution in [0, 0.1) is 11.8 Å². The number of nitrogens with zero attached hydrogens (tertiary/aromatic N) is 2. The Morgan fingerprint density at radius 1 is 0.567 bits per heavy atom. The standard InChI is InChI=1S/C43H75N11O13/c1-23(2)33(46)39(62)52-34(24(3)4)40(63)47-25(5)35(58)48-27(16-17-32(56)57)37(60)51-29(22-55)42(65)53-20-10-14-30(53)38(61)49-26(12-6-8-18-44)36(59)50-28(13-7-9-19-45)41(64)54-21-11-15-31(54)43(66)67/h23-31,33-34,55H,6-22,44-46H2,1-5H3,(H,47,63)(H,48,58)(H,49,61)(H,50,59)(H,51,60)(H,52,62)(H,56,57)(H,66,67). The van der Waals surface area contributed by atoms with E-state index in [2.05, 4.69) is 31.9 Å². The van der Waals surface area contributed by atoms with Crippen molar-refractivity contribution in [1.29, 1.82) is 0 Å². The summed E-state index contributed by atoms with van der Waals surface area (Å²) in [5, 5.41) is 44.6. The van der Waals surface area contributed by atoms with Crippen LogP contribution in [0.2, 0.25) is 0 Å². The van der Waals surface area contributed by atoms with Crippen LogP contribution in [0.1, 0.15) is 112 Å². The lowest BCUT2D eigenvalue weighted by Crippen LogP contribution is -2.60. The van der Waals surface area contributed by atoms with Gasteiger partial charge in [-0.3, -0.25) is 43.2 Å². The quantitative estimate of drug-likeness (QED) is 0.0328. The number of nitrogens with two attached hydrogens (primary N) is 3. The molecule has 2 aliphatic heterocycles. The van der Waals surface area contributed by atoms with Crippen molar-refractivity contribution in [3.63, 3.8) is 0 Å². The van der Waals surface area contributed by atoms with Crippen LogP contribution < -0.4 is 49.1 Å². The van der Waals surface area contributed by atoms with Gasteiger partial charge in [0.25, 0.3) is 0 Å². The van der Waals surface area contributed by atoms with E-state index in [-0.39, 0.29) is 51.2 Å². The molecule has 2 aliphatic rings. The molecule has 0 spiro atoms. The molecule has 0 aliphatic carbocycles. The van der Waals surface area contributed by atoms with Crippen molar-refractivity contribution in [3.05, 3.63) is 0 Å². The first-order chi connectivity index (χ1) is 31.6. The predicted molar refractivity (Wildman–Crippen MR) is 242 cm³/mol. The van der Waals surface area contributed by atoms with Gasteiger partial charge < -0.3 is 74.2 Å². The molecule has 0 radical (unpaired) electrons. The first-order valence-corrected chi connectivity index (χ1v) is 23.2. The van der Waals surface area contributed by atoms with Crippen molar-refractivity contribution in [2.75, 3.05) is 32.8 Å². The summed E-state index contributed by atoms with van der Waals surface area (Å²) in [7, 11) is 0. The molecule has 15 N–H and O–H groups in total. The molecule has 380 valence electrons. The number of hydrogen-bond donors (Lipinski definition) is 12. The van der Waals surface area contributed by atoms with Gasteiger partial charge in [0.15, 0.2) is 0 Å². The third-order valence-corrected chi connectivity index (χ3v) is 11.9. The monoisotopic (exact) mass is 954 g/mol. The smallest absolute Gasteiger partial charge is 0.326 e. The Kier molecular flexibility index (Phi) is 24.7. The molecule has 9 unspecified atom stereocenters. The molecule has 8 amide bonds. The Hall–Kier alpha value is -5.46. The number of carbonyl (C=O) groups is 10. The van der Waals surface area contributed by atoms with Crippen molar-refractivity contribution >= 4 is 59.2 Å². The molecule has 2 rings (SSSR count). The SMILES string of the molecule is CC(NC(=O)C(NC(=O)C(N)C(C)C)C(C)C)C(=O)NC(CCC(=O)O)C(=O)NC(CO)C(=O)N1CCCC1C(=O)NC(CCCCN)C(=O)NC(CCCCN)C(=O)N1CCCC1C(=O)O. The van der Waals surface area contributed by atoms with Crippen LogP contribution in [0.5, 0.6) is 0 Å². The van der Waals surface area contributed by atoms with Crippen LogP contribution in [0.3, 0.4) is 0 Å². The fraction of sp³-hybridized carbons (Fsp3) is 0.767. The van der Waals surface area contributed by atoms with E-state index in [9.17, 15) is 63.3 Å². The number of aliphatic hydroxyl groups excluding tert-OH is 1. The van der Waals surface area contributed by atoms with Gasteiger partial charge in [-0.2, -0.15) is 0 Å². The minimum Gasteiger partial charge on any atom is -0.481 e. The lowest BCUT2D eigenvalue weighted by atomic mass is 10.00. The average molecular weight is 954 g/mol. The van der Waals surface area contributed by atoms with Gasteiger partial charge in [-0.05, 0) is 102 Å². The molecule has 2 fully saturated rings. The van der Waals surface area contributed by atoms with Crippen LogP contribution in [-0.2, 0) is 47.9 Å². The van der Waals surface area contributed by atoms with Crippen LogP contribution >= 0.6 is 0 Å². The molecule has 0 aromatic heterocycles. The largest absolute Gasteiger partial charge is 0.481 e. The maximum absolute atomic E-state index is 13.9. The van der Waals surface area contributed by atoms with Gasteiger partial charge in [-0.25, -0.2) is 4.79 Å². The molecule has 0 bridgehead atoms. The summed E-state index contributed by atoms with van der Waals surface area (Å²) in [4.78, 5) is 134. The summed E-state index contributed by atoms with van der Waals surface area (Å²) in [6.45, 7) is 7.98. The van der Waals surface area contributed by atoms with E-state index in [4.69, 9.17) is 17.2 Å². The van der Waals surface area contributed by atoms with Crippen molar-refractivity contribution in [3.8, 4) is 0 Å². The first-order valence-electron chi connectivity index (χ1n) is 23.2. The molecule has 2 heterocycles. The number of likely N-dealkylation sites (tertiary alicyclic amines) is 2. The minimum atomic E-state index is -1.67. The van der Waals surface area contributed by atoms with Gasteiger partial charge in [0.2, 0.25) is 47.3 Å². The van der Waals surface area contributed by atoms with Crippen molar-refractivity contribution < 1.29 is 63.3 Å².